The van der Waals surface area contributed by atoms with E-state index in [-0.39, 0.29) is 24.3 Å². The number of hydrogen-bond acceptors (Lipinski definition) is 5. The Morgan fingerprint density at radius 2 is 2.26 bits per heavy atom. The van der Waals surface area contributed by atoms with Crippen molar-refractivity contribution in [2.75, 3.05) is 26.2 Å². The summed E-state index contributed by atoms with van der Waals surface area (Å²) < 4.78 is 0. The zero-order chi connectivity index (χ0) is 16.7. The Kier molecular flexibility index (Phi) is 7.20. The number of rotatable bonds is 8. The van der Waals surface area contributed by atoms with Crippen LogP contribution < -0.4 is 5.32 Å². The molecule has 2 N–H and O–H groups in total. The lowest BCUT2D eigenvalue weighted by Gasteiger charge is -2.34. The first-order valence-electron chi connectivity index (χ1n) is 8.30. The molecule has 0 unspecified atom stereocenters. The van der Waals surface area contributed by atoms with Crippen molar-refractivity contribution in [1.29, 1.82) is 0 Å². The molecule has 128 valence electrons. The van der Waals surface area contributed by atoms with E-state index in [1.54, 1.807) is 6.07 Å². The van der Waals surface area contributed by atoms with Gasteiger partial charge in [-0.2, -0.15) is 0 Å². The number of Topliss-reactive ketones (excluding diaryl/α,β-unsaturated/α-hetero) is 1. The Bertz CT molecular complexity index is 530. The molecule has 0 aromatic carbocycles. The molecule has 1 saturated heterocycles. The molecule has 2 rings (SSSR count). The molecule has 0 saturated carbocycles. The number of aliphatic hydroxyl groups is 1. The summed E-state index contributed by atoms with van der Waals surface area (Å²) in [4.78, 5) is 26.2. The second-order valence-electron chi connectivity index (χ2n) is 6.12. The summed E-state index contributed by atoms with van der Waals surface area (Å²) in [5, 5.41) is 14.2. The quantitative estimate of drug-likeness (QED) is 0.561. The highest BCUT2D eigenvalue weighted by molar-refractivity contribution is 7.12. The molecule has 1 fully saturated rings. The normalized spacial score (nSPS) is 18.8. The van der Waals surface area contributed by atoms with Crippen LogP contribution in [0.4, 0.5) is 0 Å². The van der Waals surface area contributed by atoms with Crippen LogP contribution in [-0.4, -0.2) is 54.0 Å². The number of piperidine rings is 1. The van der Waals surface area contributed by atoms with E-state index in [0.29, 0.717) is 17.8 Å². The fourth-order valence-electron chi connectivity index (χ4n) is 2.97. The van der Waals surface area contributed by atoms with Gasteiger partial charge in [0.25, 0.3) is 0 Å². The summed E-state index contributed by atoms with van der Waals surface area (Å²) in [6.07, 6.45) is 4.68. The maximum atomic E-state index is 11.9. The monoisotopic (exact) mass is 338 g/mol. The molecular formula is C17H26N2O3S. The first-order valence-corrected chi connectivity index (χ1v) is 9.18. The third-order valence-electron chi connectivity index (χ3n) is 4.27. The van der Waals surface area contributed by atoms with Crippen LogP contribution in [-0.2, 0) is 11.2 Å². The smallest absolute Gasteiger partial charge is 0.224 e. The predicted molar refractivity (Wildman–Crippen MR) is 92.0 cm³/mol. The van der Waals surface area contributed by atoms with Crippen LogP contribution in [0.3, 0.4) is 0 Å². The van der Waals surface area contributed by atoms with Gasteiger partial charge < -0.3 is 10.4 Å². The van der Waals surface area contributed by atoms with E-state index < -0.39 is 0 Å². The van der Waals surface area contributed by atoms with Gasteiger partial charge in [-0.05, 0) is 49.7 Å². The van der Waals surface area contributed by atoms with Crippen molar-refractivity contribution in [2.24, 2.45) is 0 Å². The molecule has 2 heterocycles. The van der Waals surface area contributed by atoms with Crippen molar-refractivity contribution in [3.8, 4) is 0 Å². The largest absolute Gasteiger partial charge is 0.395 e. The molecule has 6 heteroatoms. The molecule has 0 spiro atoms. The highest BCUT2D eigenvalue weighted by Crippen LogP contribution is 2.17. The van der Waals surface area contributed by atoms with Gasteiger partial charge in [0.05, 0.1) is 17.9 Å². The van der Waals surface area contributed by atoms with E-state index in [4.69, 9.17) is 0 Å². The van der Waals surface area contributed by atoms with Crippen LogP contribution in [0.1, 0.15) is 47.8 Å². The molecule has 23 heavy (non-hydrogen) atoms. The van der Waals surface area contributed by atoms with Gasteiger partial charge in [-0.15, -0.1) is 11.3 Å². The SMILES string of the molecule is CC(=O)c1cc(CC(=O)NCCCN2CCCC[C@@H]2CO)cs1. The zero-order valence-corrected chi connectivity index (χ0v) is 14.5. The van der Waals surface area contributed by atoms with Crippen LogP contribution in [0.5, 0.6) is 0 Å². The minimum absolute atomic E-state index is 0.00439. The molecule has 0 aliphatic carbocycles. The van der Waals surface area contributed by atoms with E-state index in [1.165, 1.54) is 31.1 Å². The molecule has 1 aliphatic heterocycles. The number of nitrogens with one attached hydrogen (secondary N) is 1. The van der Waals surface area contributed by atoms with Gasteiger partial charge in [-0.25, -0.2) is 0 Å². The van der Waals surface area contributed by atoms with Gasteiger partial charge >= 0.3 is 0 Å². The van der Waals surface area contributed by atoms with Crippen molar-refractivity contribution in [3.63, 3.8) is 0 Å². The summed E-state index contributed by atoms with van der Waals surface area (Å²) in [5.74, 6) is 0.0388. The Hall–Kier alpha value is -1.24. The fourth-order valence-corrected chi connectivity index (χ4v) is 3.79. The number of nitrogens with zero attached hydrogens (tertiary/aromatic N) is 1. The summed E-state index contributed by atoms with van der Waals surface area (Å²) in [7, 11) is 0. The van der Waals surface area contributed by atoms with E-state index in [0.717, 1.165) is 31.5 Å². The molecule has 1 aromatic heterocycles. The maximum Gasteiger partial charge on any atom is 0.224 e. The first-order chi connectivity index (χ1) is 11.1. The van der Waals surface area contributed by atoms with Crippen molar-refractivity contribution in [2.45, 2.75) is 45.1 Å². The predicted octanol–water partition coefficient (Wildman–Crippen LogP) is 1.85. The van der Waals surface area contributed by atoms with Gasteiger partial charge in [-0.1, -0.05) is 6.42 Å². The molecular weight excluding hydrogens is 312 g/mol. The van der Waals surface area contributed by atoms with Gasteiger partial charge in [-0.3, -0.25) is 14.5 Å². The number of ketones is 1. The lowest BCUT2D eigenvalue weighted by molar-refractivity contribution is -0.120. The van der Waals surface area contributed by atoms with Crippen molar-refractivity contribution in [1.82, 2.24) is 10.2 Å². The Morgan fingerprint density at radius 1 is 1.43 bits per heavy atom. The first kappa shape index (κ1) is 18.1. The van der Waals surface area contributed by atoms with Gasteiger partial charge in [0.2, 0.25) is 5.91 Å². The van der Waals surface area contributed by atoms with Crippen LogP contribution in [0.15, 0.2) is 11.4 Å². The molecule has 1 atom stereocenters. The molecule has 5 nitrogen and oxygen atoms in total. The molecule has 1 aliphatic rings. The lowest BCUT2D eigenvalue weighted by atomic mass is 10.0. The maximum absolute atomic E-state index is 11.9. The van der Waals surface area contributed by atoms with Crippen LogP contribution in [0.25, 0.3) is 0 Å². The average Bonchev–Trinajstić information content (AvgIpc) is 3.00. The van der Waals surface area contributed by atoms with Crippen molar-refractivity contribution < 1.29 is 14.7 Å². The third kappa shape index (κ3) is 5.71. The topological polar surface area (TPSA) is 69.6 Å². The standard InChI is InChI=1S/C17H26N2O3S/c1-13(21)16-9-14(12-23-16)10-17(22)18-6-4-8-19-7-3-2-5-15(19)11-20/h9,12,15,20H,2-8,10-11H2,1H3,(H,18,22)/t15-/m1/s1. The lowest BCUT2D eigenvalue weighted by Crippen LogP contribution is -2.43. The summed E-state index contributed by atoms with van der Waals surface area (Å²) in [6, 6.07) is 2.09. The number of thiophene rings is 1. The fraction of sp³-hybridized carbons (Fsp3) is 0.647. The number of likely N-dealkylation sites (tertiary alicyclic amines) is 1. The number of hydrogen-bond donors (Lipinski definition) is 2. The number of amides is 1. The average molecular weight is 338 g/mol. The van der Waals surface area contributed by atoms with Gasteiger partial charge in [0, 0.05) is 19.1 Å². The minimum atomic E-state index is -0.00439. The Morgan fingerprint density at radius 3 is 2.96 bits per heavy atom. The molecule has 1 aromatic rings. The number of carbonyl (C=O) groups is 2. The zero-order valence-electron chi connectivity index (χ0n) is 13.7. The summed E-state index contributed by atoms with van der Waals surface area (Å²) >= 11 is 1.39. The molecule has 0 bridgehead atoms. The van der Waals surface area contributed by atoms with Gasteiger partial charge in [0.1, 0.15) is 0 Å². The van der Waals surface area contributed by atoms with Crippen molar-refractivity contribution >= 4 is 23.0 Å². The molecule has 0 radical (unpaired) electrons. The minimum Gasteiger partial charge on any atom is -0.395 e. The Balaban J connectivity index is 1.65. The highest BCUT2D eigenvalue weighted by Gasteiger charge is 2.20. The van der Waals surface area contributed by atoms with E-state index in [1.807, 2.05) is 5.38 Å². The number of aliphatic hydroxyl groups excluding tert-OH is 1. The van der Waals surface area contributed by atoms with E-state index >= 15 is 0 Å². The van der Waals surface area contributed by atoms with Gasteiger partial charge in [0.15, 0.2) is 5.78 Å². The summed E-state index contributed by atoms with van der Waals surface area (Å²) in [6.45, 7) is 4.37. The van der Waals surface area contributed by atoms with E-state index in [9.17, 15) is 14.7 Å². The van der Waals surface area contributed by atoms with Crippen molar-refractivity contribution in [3.05, 3.63) is 21.9 Å². The van der Waals surface area contributed by atoms with Crippen LogP contribution in [0.2, 0.25) is 0 Å². The Labute approximate surface area is 141 Å². The number of carbonyl (C=O) groups excluding carboxylic acids is 2. The third-order valence-corrected chi connectivity index (χ3v) is 5.35. The summed E-state index contributed by atoms with van der Waals surface area (Å²) in [5.41, 5.74) is 0.897. The van der Waals surface area contributed by atoms with Crippen LogP contribution >= 0.6 is 11.3 Å². The highest BCUT2D eigenvalue weighted by atomic mass is 32.1. The van der Waals surface area contributed by atoms with Crippen LogP contribution in [0, 0.1) is 0 Å². The van der Waals surface area contributed by atoms with E-state index in [2.05, 4.69) is 10.2 Å². The molecule has 1 amide bonds. The second kappa shape index (κ2) is 9.15. The second-order valence-corrected chi connectivity index (χ2v) is 7.04.